The number of aryl methyl sites for hydroxylation is 1. The van der Waals surface area contributed by atoms with Crippen molar-refractivity contribution in [3.05, 3.63) is 28.2 Å². The topological polar surface area (TPSA) is 35.5 Å². The van der Waals surface area contributed by atoms with Crippen molar-refractivity contribution in [3.8, 4) is 5.75 Å². The lowest BCUT2D eigenvalue weighted by Gasteiger charge is -2.34. The Balaban J connectivity index is 2.06. The fraction of sp³-hybridized carbons (Fsp3) is 0.462. The molecule has 92 valence electrons. The second-order valence-electron chi connectivity index (χ2n) is 4.11. The fourth-order valence-corrected chi connectivity index (χ4v) is 2.16. The minimum atomic E-state index is -0.390. The third-order valence-corrected chi connectivity index (χ3v) is 3.33. The molecule has 0 amide bonds. The number of carbonyl (C=O) groups is 1. The molecule has 0 spiro atoms. The van der Waals surface area contributed by atoms with Crippen molar-refractivity contribution >= 4 is 21.7 Å². The van der Waals surface area contributed by atoms with E-state index in [4.69, 9.17) is 9.47 Å². The van der Waals surface area contributed by atoms with Gasteiger partial charge in [-0.3, -0.25) is 4.79 Å². The van der Waals surface area contributed by atoms with Crippen molar-refractivity contribution in [1.29, 1.82) is 0 Å². The number of ether oxygens (including phenoxy) is 2. The van der Waals surface area contributed by atoms with Gasteiger partial charge in [0.05, 0.1) is 0 Å². The van der Waals surface area contributed by atoms with Gasteiger partial charge in [-0.2, -0.15) is 0 Å². The van der Waals surface area contributed by atoms with Crippen molar-refractivity contribution in [1.82, 2.24) is 0 Å². The second-order valence-corrected chi connectivity index (χ2v) is 5.03. The Kier molecular flexibility index (Phi) is 3.84. The molecule has 3 nitrogen and oxygen atoms in total. The van der Waals surface area contributed by atoms with E-state index < -0.39 is 6.10 Å². The Morgan fingerprint density at radius 2 is 2.24 bits per heavy atom. The van der Waals surface area contributed by atoms with Gasteiger partial charge >= 0.3 is 0 Å². The van der Waals surface area contributed by atoms with Crippen LogP contribution in [0.15, 0.2) is 22.7 Å². The average Bonchev–Trinajstić information content (AvgIpc) is 2.30. The highest BCUT2D eigenvalue weighted by Crippen LogP contribution is 2.29. The smallest absolute Gasteiger partial charge is 0.169 e. The molecule has 0 heterocycles. The quantitative estimate of drug-likeness (QED) is 0.857. The van der Waals surface area contributed by atoms with Gasteiger partial charge in [0.25, 0.3) is 0 Å². The predicted octanol–water partition coefficient (Wildman–Crippen LogP) is 2.88. The Morgan fingerprint density at radius 3 is 2.88 bits per heavy atom. The summed E-state index contributed by atoms with van der Waals surface area (Å²) in [6.07, 6.45) is -0.0924. The molecular formula is C13H15BrO3. The number of ketones is 1. The van der Waals surface area contributed by atoms with Crippen molar-refractivity contribution in [2.45, 2.75) is 32.5 Å². The number of Topliss-reactive ketones (excluding diaryl/α,β-unsaturated/α-hetero) is 1. The molecule has 0 N–H and O–H groups in total. The highest BCUT2D eigenvalue weighted by atomic mass is 79.9. The number of hydrogen-bond acceptors (Lipinski definition) is 3. The summed E-state index contributed by atoms with van der Waals surface area (Å²) in [6, 6.07) is 5.87. The van der Waals surface area contributed by atoms with Crippen molar-refractivity contribution in [2.75, 3.05) is 6.61 Å². The average molecular weight is 299 g/mol. The lowest BCUT2D eigenvalue weighted by Crippen LogP contribution is -2.52. The molecule has 1 saturated carbocycles. The molecule has 1 aliphatic carbocycles. The number of carbonyl (C=O) groups excluding carboxylic acids is 1. The standard InChI is InChI=1S/C13H15BrO3/c1-3-16-13-10(15)7-12(13)17-11-6-9(14)5-4-8(11)2/h4-6,12-13H,3,7H2,1-2H3. The van der Waals surface area contributed by atoms with Gasteiger partial charge in [0.1, 0.15) is 11.9 Å². The first-order valence-corrected chi connectivity index (χ1v) is 6.48. The summed E-state index contributed by atoms with van der Waals surface area (Å²) in [6.45, 7) is 4.40. The summed E-state index contributed by atoms with van der Waals surface area (Å²) in [5, 5.41) is 0. The summed E-state index contributed by atoms with van der Waals surface area (Å²) in [7, 11) is 0. The van der Waals surface area contributed by atoms with E-state index in [0.717, 1.165) is 15.8 Å². The summed E-state index contributed by atoms with van der Waals surface area (Å²) < 4.78 is 12.1. The predicted molar refractivity (Wildman–Crippen MR) is 68.3 cm³/mol. The van der Waals surface area contributed by atoms with Crippen LogP contribution in [-0.2, 0) is 9.53 Å². The van der Waals surface area contributed by atoms with Gasteiger partial charge in [-0.05, 0) is 31.5 Å². The monoisotopic (exact) mass is 298 g/mol. The Bertz CT molecular complexity index is 431. The Labute approximate surface area is 109 Å². The van der Waals surface area contributed by atoms with Crippen molar-refractivity contribution in [2.24, 2.45) is 0 Å². The van der Waals surface area contributed by atoms with Crippen molar-refractivity contribution in [3.63, 3.8) is 0 Å². The molecule has 0 saturated heterocycles. The third kappa shape index (κ3) is 2.69. The van der Waals surface area contributed by atoms with Crippen LogP contribution >= 0.6 is 15.9 Å². The van der Waals surface area contributed by atoms with E-state index in [0.29, 0.717) is 13.0 Å². The first-order chi connectivity index (χ1) is 8.11. The van der Waals surface area contributed by atoms with Crippen molar-refractivity contribution < 1.29 is 14.3 Å². The van der Waals surface area contributed by atoms with Gasteiger partial charge in [-0.1, -0.05) is 22.0 Å². The van der Waals surface area contributed by atoms with Crippen LogP contribution in [-0.4, -0.2) is 24.6 Å². The molecular weight excluding hydrogens is 284 g/mol. The van der Waals surface area contributed by atoms with Crippen LogP contribution in [0.2, 0.25) is 0 Å². The molecule has 2 rings (SSSR count). The second kappa shape index (κ2) is 5.19. The molecule has 1 fully saturated rings. The molecule has 17 heavy (non-hydrogen) atoms. The van der Waals surface area contributed by atoms with Crippen LogP contribution in [0.5, 0.6) is 5.75 Å². The van der Waals surface area contributed by atoms with Crippen LogP contribution in [0.4, 0.5) is 0 Å². The number of rotatable bonds is 4. The SMILES string of the molecule is CCOC1C(=O)CC1Oc1cc(Br)ccc1C. The first-order valence-electron chi connectivity index (χ1n) is 5.69. The maximum atomic E-state index is 11.4. The first kappa shape index (κ1) is 12.6. The van der Waals surface area contributed by atoms with Gasteiger partial charge in [0, 0.05) is 17.5 Å². The normalized spacial score (nSPS) is 23.4. The molecule has 1 aromatic carbocycles. The van der Waals surface area contributed by atoms with Crippen LogP contribution in [0.1, 0.15) is 18.9 Å². The molecule has 1 aromatic rings. The van der Waals surface area contributed by atoms with E-state index in [1.54, 1.807) is 0 Å². The molecule has 0 bridgehead atoms. The Hall–Kier alpha value is -0.870. The zero-order valence-corrected chi connectivity index (χ0v) is 11.5. The van der Waals surface area contributed by atoms with Gasteiger partial charge in [0.2, 0.25) is 0 Å². The van der Waals surface area contributed by atoms with E-state index in [1.807, 2.05) is 32.0 Å². The maximum absolute atomic E-state index is 11.4. The number of benzene rings is 1. The van der Waals surface area contributed by atoms with E-state index in [-0.39, 0.29) is 11.9 Å². The molecule has 2 unspecified atom stereocenters. The highest BCUT2D eigenvalue weighted by Gasteiger charge is 2.42. The molecule has 0 radical (unpaired) electrons. The van der Waals surface area contributed by atoms with E-state index in [1.165, 1.54) is 0 Å². The fourth-order valence-electron chi connectivity index (χ4n) is 1.82. The third-order valence-electron chi connectivity index (χ3n) is 2.83. The minimum absolute atomic E-state index is 0.129. The van der Waals surface area contributed by atoms with Crippen LogP contribution in [0.3, 0.4) is 0 Å². The lowest BCUT2D eigenvalue weighted by atomic mass is 9.90. The largest absolute Gasteiger partial charge is 0.486 e. The zero-order chi connectivity index (χ0) is 12.4. The van der Waals surface area contributed by atoms with Crippen LogP contribution in [0, 0.1) is 6.92 Å². The molecule has 2 atom stereocenters. The van der Waals surface area contributed by atoms with E-state index in [9.17, 15) is 4.79 Å². The molecule has 1 aliphatic rings. The summed E-state index contributed by atoms with van der Waals surface area (Å²) in [5.74, 6) is 0.936. The van der Waals surface area contributed by atoms with Crippen LogP contribution in [0.25, 0.3) is 0 Å². The summed E-state index contributed by atoms with van der Waals surface area (Å²) in [5.41, 5.74) is 1.06. The Morgan fingerprint density at radius 1 is 1.47 bits per heavy atom. The van der Waals surface area contributed by atoms with Crippen LogP contribution < -0.4 is 4.74 Å². The minimum Gasteiger partial charge on any atom is -0.486 e. The summed E-state index contributed by atoms with van der Waals surface area (Å²) >= 11 is 3.41. The molecule has 0 aromatic heterocycles. The lowest BCUT2D eigenvalue weighted by molar-refractivity contribution is -0.154. The maximum Gasteiger partial charge on any atom is 0.169 e. The highest BCUT2D eigenvalue weighted by molar-refractivity contribution is 9.10. The van der Waals surface area contributed by atoms with Gasteiger partial charge in [-0.25, -0.2) is 0 Å². The molecule has 4 heteroatoms. The molecule has 0 aliphatic heterocycles. The van der Waals surface area contributed by atoms with Gasteiger partial charge in [0.15, 0.2) is 11.9 Å². The number of halogens is 1. The zero-order valence-electron chi connectivity index (χ0n) is 9.90. The number of hydrogen-bond donors (Lipinski definition) is 0. The van der Waals surface area contributed by atoms with E-state index >= 15 is 0 Å². The van der Waals surface area contributed by atoms with Gasteiger partial charge < -0.3 is 9.47 Å². The summed E-state index contributed by atoms with van der Waals surface area (Å²) in [4.78, 5) is 11.4. The van der Waals surface area contributed by atoms with E-state index in [2.05, 4.69) is 15.9 Å². The van der Waals surface area contributed by atoms with Gasteiger partial charge in [-0.15, -0.1) is 0 Å².